The van der Waals surface area contributed by atoms with Crippen molar-refractivity contribution in [2.24, 2.45) is 5.92 Å². The number of carbonyl (C=O) groups is 2. The molecule has 0 spiro atoms. The molecule has 2 rings (SSSR count). The van der Waals surface area contributed by atoms with E-state index in [9.17, 15) is 9.59 Å². The molecule has 0 saturated heterocycles. The number of methoxy groups -OCH3 is 1. The average Bonchev–Trinajstić information content (AvgIpc) is 2.71. The molecule has 1 N–H and O–H groups in total. The second-order valence-electron chi connectivity index (χ2n) is 7.41. The SMILES string of the molecule is CCc1ccccc1NC(=O)CN(C)C(=O)c1cc(Cl)c(OCC(C)C)c(OC)c1. The number of likely N-dealkylation sites (N-methyl/N-ethyl adjacent to an activating group) is 1. The van der Waals surface area contributed by atoms with Gasteiger partial charge in [-0.1, -0.05) is 50.6 Å². The van der Waals surface area contributed by atoms with Crippen LogP contribution in [0.25, 0.3) is 0 Å². The number of anilines is 1. The normalized spacial score (nSPS) is 10.6. The third-order valence-corrected chi connectivity index (χ3v) is 4.72. The van der Waals surface area contributed by atoms with Crippen molar-refractivity contribution in [3.05, 3.63) is 52.5 Å². The summed E-state index contributed by atoms with van der Waals surface area (Å²) in [6.45, 7) is 6.45. The van der Waals surface area contributed by atoms with Crippen LogP contribution in [0.3, 0.4) is 0 Å². The molecule has 2 aromatic carbocycles. The molecule has 0 bridgehead atoms. The molecule has 0 aliphatic carbocycles. The molecule has 0 heterocycles. The van der Waals surface area contributed by atoms with Crippen molar-refractivity contribution in [3.63, 3.8) is 0 Å². The van der Waals surface area contributed by atoms with E-state index in [-0.39, 0.29) is 23.4 Å². The van der Waals surface area contributed by atoms with Crippen LogP contribution in [0.1, 0.15) is 36.7 Å². The van der Waals surface area contributed by atoms with Gasteiger partial charge in [0.25, 0.3) is 5.91 Å². The van der Waals surface area contributed by atoms with Crippen molar-refractivity contribution in [2.45, 2.75) is 27.2 Å². The summed E-state index contributed by atoms with van der Waals surface area (Å²) in [6.07, 6.45) is 0.800. The number of halogens is 1. The molecule has 0 atom stereocenters. The summed E-state index contributed by atoms with van der Waals surface area (Å²) in [4.78, 5) is 26.6. The average molecular weight is 433 g/mol. The second-order valence-corrected chi connectivity index (χ2v) is 7.82. The number of amides is 2. The standard InChI is InChI=1S/C23H29ClN2O4/c1-6-16-9-7-8-10-19(16)25-21(27)13-26(4)23(28)17-11-18(24)22(20(12-17)29-5)30-14-15(2)3/h7-12,15H,6,13-14H2,1-5H3,(H,25,27). The molecule has 0 unspecified atom stereocenters. The minimum absolute atomic E-state index is 0.0948. The highest BCUT2D eigenvalue weighted by atomic mass is 35.5. The van der Waals surface area contributed by atoms with E-state index in [2.05, 4.69) is 5.32 Å². The Labute approximate surface area is 183 Å². The van der Waals surface area contributed by atoms with E-state index in [1.807, 2.05) is 45.0 Å². The summed E-state index contributed by atoms with van der Waals surface area (Å²) in [5.41, 5.74) is 2.11. The van der Waals surface area contributed by atoms with Gasteiger partial charge in [0.2, 0.25) is 5.91 Å². The Balaban J connectivity index is 2.11. The zero-order valence-corrected chi connectivity index (χ0v) is 18.9. The van der Waals surface area contributed by atoms with Crippen molar-refractivity contribution in [2.75, 3.05) is 32.6 Å². The van der Waals surface area contributed by atoms with Crippen LogP contribution in [0.15, 0.2) is 36.4 Å². The Hall–Kier alpha value is -2.73. The van der Waals surface area contributed by atoms with Gasteiger partial charge in [0.15, 0.2) is 11.5 Å². The van der Waals surface area contributed by atoms with Crippen molar-refractivity contribution in [3.8, 4) is 11.5 Å². The third-order valence-electron chi connectivity index (χ3n) is 4.44. The molecule has 2 amide bonds. The van der Waals surface area contributed by atoms with Crippen LogP contribution in [0, 0.1) is 5.92 Å². The van der Waals surface area contributed by atoms with Gasteiger partial charge in [-0.2, -0.15) is 0 Å². The quantitative estimate of drug-likeness (QED) is 0.625. The fourth-order valence-electron chi connectivity index (χ4n) is 2.88. The number of para-hydroxylation sites is 1. The molecule has 0 fully saturated rings. The monoisotopic (exact) mass is 432 g/mol. The highest BCUT2D eigenvalue weighted by molar-refractivity contribution is 6.32. The van der Waals surface area contributed by atoms with Crippen LogP contribution in [-0.4, -0.2) is 44.0 Å². The lowest BCUT2D eigenvalue weighted by Gasteiger charge is -2.19. The van der Waals surface area contributed by atoms with E-state index in [1.54, 1.807) is 13.1 Å². The van der Waals surface area contributed by atoms with Gasteiger partial charge in [-0.25, -0.2) is 0 Å². The van der Waals surface area contributed by atoms with Crippen LogP contribution >= 0.6 is 11.6 Å². The largest absolute Gasteiger partial charge is 0.493 e. The first kappa shape index (κ1) is 23.5. The zero-order chi connectivity index (χ0) is 22.3. The Bertz CT molecular complexity index is 899. The van der Waals surface area contributed by atoms with Crippen molar-refractivity contribution < 1.29 is 19.1 Å². The lowest BCUT2D eigenvalue weighted by Crippen LogP contribution is -2.35. The fourth-order valence-corrected chi connectivity index (χ4v) is 3.15. The van der Waals surface area contributed by atoms with Crippen molar-refractivity contribution >= 4 is 29.1 Å². The van der Waals surface area contributed by atoms with Gasteiger partial charge < -0.3 is 19.7 Å². The molecular weight excluding hydrogens is 404 g/mol. The van der Waals surface area contributed by atoms with Crippen LogP contribution in [-0.2, 0) is 11.2 Å². The number of nitrogens with one attached hydrogen (secondary N) is 1. The summed E-state index contributed by atoms with van der Waals surface area (Å²) in [6, 6.07) is 10.7. The van der Waals surface area contributed by atoms with Gasteiger partial charge in [-0.15, -0.1) is 0 Å². The Morgan fingerprint density at radius 3 is 2.53 bits per heavy atom. The summed E-state index contributed by atoms with van der Waals surface area (Å²) in [7, 11) is 3.06. The number of hydrogen-bond donors (Lipinski definition) is 1. The lowest BCUT2D eigenvalue weighted by atomic mass is 10.1. The Morgan fingerprint density at radius 2 is 1.90 bits per heavy atom. The predicted molar refractivity (Wildman–Crippen MR) is 120 cm³/mol. The molecule has 0 radical (unpaired) electrons. The molecule has 7 heteroatoms. The summed E-state index contributed by atoms with van der Waals surface area (Å²) in [5.74, 6) is 0.475. The highest BCUT2D eigenvalue weighted by Crippen LogP contribution is 2.37. The number of benzene rings is 2. The molecule has 0 aromatic heterocycles. The molecule has 30 heavy (non-hydrogen) atoms. The molecule has 0 saturated carbocycles. The van der Waals surface area contributed by atoms with Crippen LogP contribution < -0.4 is 14.8 Å². The molecule has 2 aromatic rings. The van der Waals surface area contributed by atoms with Gasteiger partial charge in [0, 0.05) is 18.3 Å². The predicted octanol–water partition coefficient (Wildman–Crippen LogP) is 4.66. The first-order valence-corrected chi connectivity index (χ1v) is 10.3. The number of rotatable bonds is 9. The lowest BCUT2D eigenvalue weighted by molar-refractivity contribution is -0.116. The molecular formula is C23H29ClN2O4. The van der Waals surface area contributed by atoms with E-state index >= 15 is 0 Å². The number of nitrogens with zero attached hydrogens (tertiary/aromatic N) is 1. The molecule has 162 valence electrons. The summed E-state index contributed by atoms with van der Waals surface area (Å²) in [5, 5.41) is 3.15. The topological polar surface area (TPSA) is 67.9 Å². The number of hydrogen-bond acceptors (Lipinski definition) is 4. The van der Waals surface area contributed by atoms with Gasteiger partial charge in [-0.05, 0) is 36.1 Å². The van der Waals surface area contributed by atoms with E-state index in [0.717, 1.165) is 17.7 Å². The van der Waals surface area contributed by atoms with Crippen LogP contribution in [0.2, 0.25) is 5.02 Å². The Kier molecular flexibility index (Phi) is 8.54. The number of carbonyl (C=O) groups excluding carboxylic acids is 2. The maximum Gasteiger partial charge on any atom is 0.254 e. The minimum atomic E-state index is -0.343. The number of ether oxygens (including phenoxy) is 2. The van der Waals surface area contributed by atoms with Crippen molar-refractivity contribution in [1.82, 2.24) is 4.90 Å². The van der Waals surface area contributed by atoms with Gasteiger partial charge in [0.1, 0.15) is 0 Å². The maximum absolute atomic E-state index is 12.8. The van der Waals surface area contributed by atoms with E-state index in [1.165, 1.54) is 18.1 Å². The fraction of sp³-hybridized carbons (Fsp3) is 0.391. The number of aryl methyl sites for hydroxylation is 1. The van der Waals surface area contributed by atoms with Crippen LogP contribution in [0.4, 0.5) is 5.69 Å². The summed E-state index contributed by atoms with van der Waals surface area (Å²) < 4.78 is 11.1. The van der Waals surface area contributed by atoms with E-state index < -0.39 is 0 Å². The first-order valence-electron chi connectivity index (χ1n) is 9.90. The smallest absolute Gasteiger partial charge is 0.254 e. The molecule has 0 aliphatic rings. The van der Waals surface area contributed by atoms with Gasteiger partial charge in [0.05, 0.1) is 25.3 Å². The zero-order valence-electron chi connectivity index (χ0n) is 18.1. The van der Waals surface area contributed by atoms with Crippen molar-refractivity contribution in [1.29, 1.82) is 0 Å². The molecule has 6 nitrogen and oxygen atoms in total. The van der Waals surface area contributed by atoms with Crippen LogP contribution in [0.5, 0.6) is 11.5 Å². The van der Waals surface area contributed by atoms with E-state index in [4.69, 9.17) is 21.1 Å². The summed E-state index contributed by atoms with van der Waals surface area (Å²) >= 11 is 6.34. The highest BCUT2D eigenvalue weighted by Gasteiger charge is 2.20. The Morgan fingerprint density at radius 1 is 1.20 bits per heavy atom. The maximum atomic E-state index is 12.8. The second kappa shape index (κ2) is 10.9. The molecule has 0 aliphatic heterocycles. The first-order chi connectivity index (χ1) is 14.3. The van der Waals surface area contributed by atoms with Gasteiger partial charge in [-0.3, -0.25) is 9.59 Å². The minimum Gasteiger partial charge on any atom is -0.493 e. The van der Waals surface area contributed by atoms with E-state index in [0.29, 0.717) is 29.6 Å². The third kappa shape index (κ3) is 6.13. The van der Waals surface area contributed by atoms with Gasteiger partial charge >= 0.3 is 0 Å².